The van der Waals surface area contributed by atoms with Crippen molar-refractivity contribution < 1.29 is 40.6 Å². The van der Waals surface area contributed by atoms with Crippen molar-refractivity contribution in [2.24, 2.45) is 0 Å². The summed E-state index contributed by atoms with van der Waals surface area (Å²) in [4.78, 5) is 16.7. The summed E-state index contributed by atoms with van der Waals surface area (Å²) in [5, 5.41) is 11.1. The van der Waals surface area contributed by atoms with E-state index in [0.717, 1.165) is 12.1 Å². The molecule has 2 aromatic heterocycles. The smallest absolute Gasteiger partial charge is 0.422 e. The van der Waals surface area contributed by atoms with Crippen LogP contribution in [0, 0.1) is 11.6 Å². The molecule has 1 saturated heterocycles. The first-order valence-corrected chi connectivity index (χ1v) is 10.9. The number of hydrogen-bond donors (Lipinski definition) is 1. The topological polar surface area (TPSA) is 99.4 Å². The Bertz CT molecular complexity index is 1240. The number of nitrogens with one attached hydrogen (secondary N) is 1. The number of rotatable bonds is 5. The van der Waals surface area contributed by atoms with Gasteiger partial charge in [0.2, 0.25) is 11.8 Å². The van der Waals surface area contributed by atoms with E-state index in [1.807, 2.05) is 0 Å². The number of nitrogens with zero attached hydrogens (tertiary/aromatic N) is 3. The summed E-state index contributed by atoms with van der Waals surface area (Å²) >= 11 is 0. The first-order valence-electron chi connectivity index (χ1n) is 10.9. The van der Waals surface area contributed by atoms with Gasteiger partial charge in [0.25, 0.3) is 5.91 Å². The fourth-order valence-electron chi connectivity index (χ4n) is 4.16. The van der Waals surface area contributed by atoms with Gasteiger partial charge in [-0.05, 0) is 37.8 Å². The molecule has 3 aromatic rings. The number of amides is 1. The van der Waals surface area contributed by atoms with Crippen LogP contribution in [0.5, 0.6) is 0 Å². The highest BCUT2D eigenvalue weighted by Crippen LogP contribution is 2.41. The fraction of sp³-hybridized carbons (Fsp3) is 0.455. The molecule has 1 N–H and O–H groups in total. The Morgan fingerprint density at radius 3 is 2.51 bits per heavy atom. The third-order valence-electron chi connectivity index (χ3n) is 6.05. The molecule has 0 spiro atoms. The summed E-state index contributed by atoms with van der Waals surface area (Å²) in [5.41, 5.74) is 0.215. The Hall–Kier alpha value is -3.19. The molecule has 35 heavy (non-hydrogen) atoms. The summed E-state index contributed by atoms with van der Waals surface area (Å²) in [6.45, 7) is 0.159. The molecular formula is C22H19F5N4O4. The minimum Gasteiger partial charge on any atom is -0.422 e. The molecule has 1 saturated carbocycles. The highest BCUT2D eigenvalue weighted by molar-refractivity contribution is 5.95. The quantitative estimate of drug-likeness (QED) is 0.523. The van der Waals surface area contributed by atoms with Gasteiger partial charge in [0.05, 0.1) is 24.3 Å². The SMILES string of the molecule is O=C(N[C@@H]1CC[C@@H](c2nnc(C3CC(OC(F)(F)F)C3)o2)OC1)c1ccc2cc(F)c(F)cc2n1. The van der Waals surface area contributed by atoms with Gasteiger partial charge in [-0.15, -0.1) is 23.4 Å². The van der Waals surface area contributed by atoms with Crippen LogP contribution in [0.25, 0.3) is 10.9 Å². The molecular weight excluding hydrogens is 479 g/mol. The van der Waals surface area contributed by atoms with E-state index < -0.39 is 36.1 Å². The number of benzene rings is 1. The van der Waals surface area contributed by atoms with Crippen molar-refractivity contribution in [3.05, 3.63) is 53.4 Å². The van der Waals surface area contributed by atoms with Crippen LogP contribution >= 0.6 is 0 Å². The maximum absolute atomic E-state index is 13.5. The van der Waals surface area contributed by atoms with E-state index in [2.05, 4.69) is 25.2 Å². The Kier molecular flexibility index (Phi) is 6.13. The van der Waals surface area contributed by atoms with Gasteiger partial charge < -0.3 is 14.5 Å². The molecule has 3 heterocycles. The van der Waals surface area contributed by atoms with Gasteiger partial charge >= 0.3 is 6.36 Å². The number of carbonyl (C=O) groups is 1. The van der Waals surface area contributed by atoms with Gasteiger partial charge in [0.1, 0.15) is 11.8 Å². The number of aromatic nitrogens is 3. The number of alkyl halides is 3. The van der Waals surface area contributed by atoms with Crippen LogP contribution in [-0.2, 0) is 9.47 Å². The molecule has 2 fully saturated rings. The predicted molar refractivity (Wildman–Crippen MR) is 108 cm³/mol. The number of fused-ring (bicyclic) bond motifs is 1. The standard InChI is InChI=1S/C22H19F5N4O4/c23-14-7-10-1-3-16(29-17(10)8-15(14)24)19(32)28-12-2-4-18(33-9-12)21-31-30-20(34-21)11-5-13(6-11)35-22(25,26)27/h1,3,7-8,11-13,18H,2,4-6,9H2,(H,28,32)/t11?,12-,13?,18+/m1/s1. The van der Waals surface area contributed by atoms with Crippen molar-refractivity contribution in [3.8, 4) is 0 Å². The summed E-state index contributed by atoms with van der Waals surface area (Å²) in [6, 6.07) is 4.53. The van der Waals surface area contributed by atoms with Crippen LogP contribution in [-0.4, -0.2) is 46.2 Å². The third kappa shape index (κ3) is 5.25. The van der Waals surface area contributed by atoms with Gasteiger partial charge in [0, 0.05) is 17.4 Å². The first-order chi connectivity index (χ1) is 16.6. The second-order valence-electron chi connectivity index (χ2n) is 8.56. The monoisotopic (exact) mass is 498 g/mol. The van der Waals surface area contributed by atoms with E-state index in [0.29, 0.717) is 18.2 Å². The highest BCUT2D eigenvalue weighted by atomic mass is 19.4. The zero-order valence-electron chi connectivity index (χ0n) is 18.0. The maximum atomic E-state index is 13.5. The second kappa shape index (κ2) is 9.11. The molecule has 2 aliphatic rings. The van der Waals surface area contributed by atoms with Crippen molar-refractivity contribution in [2.45, 2.75) is 56.2 Å². The van der Waals surface area contributed by atoms with Crippen LogP contribution in [0.2, 0.25) is 0 Å². The van der Waals surface area contributed by atoms with Crippen LogP contribution < -0.4 is 5.32 Å². The Labute approximate surface area is 194 Å². The predicted octanol–water partition coefficient (Wildman–Crippen LogP) is 4.33. The lowest BCUT2D eigenvalue weighted by atomic mass is 9.82. The molecule has 0 bridgehead atoms. The Morgan fingerprint density at radius 2 is 1.80 bits per heavy atom. The highest BCUT2D eigenvalue weighted by Gasteiger charge is 2.42. The molecule has 0 radical (unpaired) electrons. The summed E-state index contributed by atoms with van der Waals surface area (Å²) in [6.07, 6.45) is -4.79. The van der Waals surface area contributed by atoms with Gasteiger partial charge in [-0.25, -0.2) is 13.8 Å². The van der Waals surface area contributed by atoms with E-state index in [-0.39, 0.29) is 54.4 Å². The van der Waals surface area contributed by atoms with E-state index in [1.165, 1.54) is 12.1 Å². The van der Waals surface area contributed by atoms with Crippen LogP contribution in [0.4, 0.5) is 22.0 Å². The molecule has 186 valence electrons. The van der Waals surface area contributed by atoms with Gasteiger partial charge in [-0.1, -0.05) is 6.07 Å². The maximum Gasteiger partial charge on any atom is 0.522 e. The molecule has 13 heteroatoms. The average molecular weight is 498 g/mol. The molecule has 1 aromatic carbocycles. The zero-order valence-corrected chi connectivity index (χ0v) is 18.0. The van der Waals surface area contributed by atoms with Crippen LogP contribution in [0.15, 0.2) is 28.7 Å². The van der Waals surface area contributed by atoms with E-state index in [9.17, 15) is 26.7 Å². The average Bonchev–Trinajstić information content (AvgIpc) is 3.26. The lowest BCUT2D eigenvalue weighted by Gasteiger charge is -2.33. The number of carbonyl (C=O) groups excluding carboxylic acids is 1. The Balaban J connectivity index is 1.13. The van der Waals surface area contributed by atoms with Crippen molar-refractivity contribution >= 4 is 16.8 Å². The minimum absolute atomic E-state index is 0.0560. The number of hydrogen-bond acceptors (Lipinski definition) is 7. The molecule has 8 nitrogen and oxygen atoms in total. The van der Waals surface area contributed by atoms with E-state index >= 15 is 0 Å². The molecule has 1 aliphatic carbocycles. The first kappa shape index (κ1) is 23.5. The lowest BCUT2D eigenvalue weighted by molar-refractivity contribution is -0.352. The fourth-order valence-corrected chi connectivity index (χ4v) is 4.16. The van der Waals surface area contributed by atoms with E-state index in [1.54, 1.807) is 0 Å². The Morgan fingerprint density at radius 1 is 1.06 bits per heavy atom. The molecule has 1 amide bonds. The van der Waals surface area contributed by atoms with Crippen molar-refractivity contribution in [1.82, 2.24) is 20.5 Å². The summed E-state index contributed by atoms with van der Waals surface area (Å²) in [7, 11) is 0. The van der Waals surface area contributed by atoms with Gasteiger partial charge in [0.15, 0.2) is 11.6 Å². The number of ether oxygens (including phenoxy) is 2. The largest absolute Gasteiger partial charge is 0.522 e. The summed E-state index contributed by atoms with van der Waals surface area (Å²) in [5.74, 6) is -2.34. The zero-order chi connectivity index (χ0) is 24.7. The van der Waals surface area contributed by atoms with Crippen molar-refractivity contribution in [1.29, 1.82) is 0 Å². The molecule has 1 aliphatic heterocycles. The van der Waals surface area contributed by atoms with Gasteiger partial charge in [-0.3, -0.25) is 9.53 Å². The van der Waals surface area contributed by atoms with E-state index in [4.69, 9.17) is 9.15 Å². The lowest BCUT2D eigenvalue weighted by Crippen LogP contribution is -2.41. The number of pyridine rings is 1. The normalized spacial score (nSPS) is 24.8. The van der Waals surface area contributed by atoms with Crippen LogP contribution in [0.1, 0.15) is 60.0 Å². The molecule has 0 unspecified atom stereocenters. The molecule has 5 rings (SSSR count). The van der Waals surface area contributed by atoms with Crippen molar-refractivity contribution in [2.75, 3.05) is 6.61 Å². The third-order valence-corrected chi connectivity index (χ3v) is 6.05. The van der Waals surface area contributed by atoms with Crippen LogP contribution in [0.3, 0.4) is 0 Å². The summed E-state index contributed by atoms with van der Waals surface area (Å²) < 4.78 is 78.9. The van der Waals surface area contributed by atoms with Crippen molar-refractivity contribution in [3.63, 3.8) is 0 Å². The number of halogens is 5. The molecule has 2 atom stereocenters. The van der Waals surface area contributed by atoms with Gasteiger partial charge in [-0.2, -0.15) is 0 Å². The minimum atomic E-state index is -4.67. The second-order valence-corrected chi connectivity index (χ2v) is 8.56.